The van der Waals surface area contributed by atoms with Crippen LogP contribution in [-0.4, -0.2) is 29.1 Å². The van der Waals surface area contributed by atoms with Crippen molar-refractivity contribution < 1.29 is 28.8 Å². The van der Waals surface area contributed by atoms with Gasteiger partial charge in [-0.25, -0.2) is 4.79 Å². The average molecular weight is 383 g/mol. The highest BCUT2D eigenvalue weighted by molar-refractivity contribution is 5.98. The summed E-state index contributed by atoms with van der Waals surface area (Å²) in [6.45, 7) is 0. The minimum atomic E-state index is -1.16. The number of para-hydroxylation sites is 1. The van der Waals surface area contributed by atoms with Crippen LogP contribution in [0.3, 0.4) is 0 Å². The molecule has 9 nitrogen and oxygen atoms in total. The van der Waals surface area contributed by atoms with Gasteiger partial charge in [0.1, 0.15) is 5.58 Å². The van der Waals surface area contributed by atoms with Crippen LogP contribution in [-0.2, 0) is 16.0 Å². The Hall–Kier alpha value is -4.01. The minimum absolute atomic E-state index is 0.00909. The van der Waals surface area contributed by atoms with Crippen LogP contribution in [0.4, 0.5) is 5.69 Å². The molecule has 1 N–H and O–H groups in total. The van der Waals surface area contributed by atoms with Crippen LogP contribution in [0.25, 0.3) is 22.3 Å². The molecule has 0 saturated carbocycles. The average Bonchev–Trinajstić information content (AvgIpc) is 2.67. The maximum Gasteiger partial charge on any atom is 0.359 e. The number of ether oxygens (including phenoxy) is 1. The summed E-state index contributed by atoms with van der Waals surface area (Å²) in [6.07, 6.45) is -0.448. The van der Waals surface area contributed by atoms with Crippen LogP contribution < -0.4 is 5.43 Å². The molecule has 142 valence electrons. The highest BCUT2D eigenvalue weighted by atomic mass is 16.6. The first-order valence-electron chi connectivity index (χ1n) is 7.97. The van der Waals surface area contributed by atoms with E-state index in [4.69, 9.17) is 9.52 Å². The summed E-state index contributed by atoms with van der Waals surface area (Å²) in [5.41, 5.74) is -1.75. The van der Waals surface area contributed by atoms with E-state index in [-0.39, 0.29) is 27.7 Å². The predicted octanol–water partition coefficient (Wildman–Crippen LogP) is 2.78. The van der Waals surface area contributed by atoms with Gasteiger partial charge in [-0.1, -0.05) is 30.3 Å². The Morgan fingerprint density at radius 2 is 1.89 bits per heavy atom. The molecular weight excluding hydrogens is 370 g/mol. The lowest BCUT2D eigenvalue weighted by atomic mass is 10.0. The summed E-state index contributed by atoms with van der Waals surface area (Å²) in [5, 5.41) is 20.6. The minimum Gasteiger partial charge on any atom is -0.481 e. The first kappa shape index (κ1) is 18.8. The quantitative estimate of drug-likeness (QED) is 0.403. The van der Waals surface area contributed by atoms with Gasteiger partial charge in [-0.15, -0.1) is 0 Å². The fourth-order valence-corrected chi connectivity index (χ4v) is 2.88. The number of nitro groups is 1. The molecule has 0 radical (unpaired) electrons. The van der Waals surface area contributed by atoms with E-state index >= 15 is 0 Å². The third-order valence-electron chi connectivity index (χ3n) is 4.08. The molecule has 3 rings (SSSR count). The Morgan fingerprint density at radius 3 is 2.54 bits per heavy atom. The summed E-state index contributed by atoms with van der Waals surface area (Å²) in [6, 6.07) is 9.97. The number of hydrogen-bond acceptors (Lipinski definition) is 7. The number of methoxy groups -OCH3 is 1. The zero-order valence-corrected chi connectivity index (χ0v) is 14.5. The maximum absolute atomic E-state index is 12.8. The SMILES string of the molecule is COC(=O)c1ccccc1-c1oc2c(CC(=O)O)cccc2c(=O)c1[N+](=O)[O-]. The molecule has 0 bridgehead atoms. The van der Waals surface area contributed by atoms with E-state index in [1.807, 2.05) is 0 Å². The van der Waals surface area contributed by atoms with Crippen molar-refractivity contribution in [3.8, 4) is 11.3 Å². The third-order valence-corrected chi connectivity index (χ3v) is 4.08. The zero-order chi connectivity index (χ0) is 20.4. The molecule has 3 aromatic rings. The molecule has 0 fully saturated rings. The first-order valence-corrected chi connectivity index (χ1v) is 7.97. The molecule has 0 amide bonds. The van der Waals surface area contributed by atoms with Gasteiger partial charge in [0.2, 0.25) is 5.76 Å². The maximum atomic E-state index is 12.8. The lowest BCUT2D eigenvalue weighted by Gasteiger charge is -2.10. The molecule has 9 heteroatoms. The smallest absolute Gasteiger partial charge is 0.359 e. The highest BCUT2D eigenvalue weighted by Crippen LogP contribution is 2.34. The Labute approximate surface area is 156 Å². The number of benzene rings is 2. The third kappa shape index (κ3) is 3.20. The van der Waals surface area contributed by atoms with Crippen molar-refractivity contribution in [3.63, 3.8) is 0 Å². The van der Waals surface area contributed by atoms with Crippen LogP contribution in [0.15, 0.2) is 51.7 Å². The fraction of sp³-hybridized carbons (Fsp3) is 0.105. The van der Waals surface area contributed by atoms with Gasteiger partial charge in [-0.2, -0.15) is 0 Å². The van der Waals surface area contributed by atoms with E-state index in [1.54, 1.807) is 0 Å². The number of aliphatic carboxylic acids is 1. The number of esters is 1. The van der Waals surface area contributed by atoms with E-state index in [0.717, 1.165) is 7.11 Å². The van der Waals surface area contributed by atoms with Crippen molar-refractivity contribution >= 4 is 28.6 Å². The second-order valence-electron chi connectivity index (χ2n) is 5.77. The molecule has 28 heavy (non-hydrogen) atoms. The molecule has 1 heterocycles. The number of rotatable bonds is 5. The van der Waals surface area contributed by atoms with Gasteiger partial charge in [0, 0.05) is 11.1 Å². The van der Waals surface area contributed by atoms with Gasteiger partial charge in [0.15, 0.2) is 0 Å². The second-order valence-corrected chi connectivity index (χ2v) is 5.77. The van der Waals surface area contributed by atoms with E-state index in [9.17, 15) is 24.5 Å². The Balaban J connectivity index is 2.45. The van der Waals surface area contributed by atoms with Crippen LogP contribution in [0.5, 0.6) is 0 Å². The van der Waals surface area contributed by atoms with Crippen molar-refractivity contribution in [2.75, 3.05) is 7.11 Å². The Kier molecular flexibility index (Phi) is 4.90. The van der Waals surface area contributed by atoms with Crippen molar-refractivity contribution in [2.24, 2.45) is 0 Å². The zero-order valence-electron chi connectivity index (χ0n) is 14.5. The number of nitrogens with zero attached hydrogens (tertiary/aromatic N) is 1. The molecule has 0 unspecified atom stereocenters. The predicted molar refractivity (Wildman–Crippen MR) is 97.3 cm³/mol. The lowest BCUT2D eigenvalue weighted by molar-refractivity contribution is -0.386. The first-order chi connectivity index (χ1) is 13.3. The summed E-state index contributed by atoms with van der Waals surface area (Å²) in [5.74, 6) is -2.38. The molecule has 0 aliphatic carbocycles. The van der Waals surface area contributed by atoms with Gasteiger partial charge in [-0.3, -0.25) is 19.7 Å². The van der Waals surface area contributed by atoms with Crippen molar-refractivity contribution in [1.82, 2.24) is 0 Å². The standard InChI is InChI=1S/C19H13NO8/c1-27-19(24)12-7-3-2-6-11(12)18-15(20(25)26)16(23)13-8-4-5-10(9-14(21)22)17(13)28-18/h2-8H,9H2,1H3,(H,21,22). The van der Waals surface area contributed by atoms with Gasteiger partial charge < -0.3 is 14.3 Å². The number of carbonyl (C=O) groups is 2. The Bertz CT molecular complexity index is 1180. The molecule has 0 saturated heterocycles. The van der Waals surface area contributed by atoms with Crippen LogP contribution in [0, 0.1) is 10.1 Å². The highest BCUT2D eigenvalue weighted by Gasteiger charge is 2.29. The van der Waals surface area contributed by atoms with Crippen LogP contribution in [0.1, 0.15) is 15.9 Å². The number of carboxylic acid groups (broad SMARTS) is 1. The lowest BCUT2D eigenvalue weighted by Crippen LogP contribution is -2.13. The molecular formula is C19H13NO8. The van der Waals surface area contributed by atoms with E-state index < -0.39 is 40.2 Å². The summed E-state index contributed by atoms with van der Waals surface area (Å²) < 4.78 is 10.4. The number of carboxylic acids is 1. The van der Waals surface area contributed by atoms with Gasteiger partial charge in [0.05, 0.1) is 29.4 Å². The number of hydrogen-bond donors (Lipinski definition) is 1. The summed E-state index contributed by atoms with van der Waals surface area (Å²) in [7, 11) is 1.15. The van der Waals surface area contributed by atoms with Crippen molar-refractivity contribution in [1.29, 1.82) is 0 Å². The van der Waals surface area contributed by atoms with Crippen molar-refractivity contribution in [3.05, 3.63) is 73.9 Å². The molecule has 1 aromatic heterocycles. The molecule has 0 aliphatic heterocycles. The summed E-state index contributed by atoms with van der Waals surface area (Å²) in [4.78, 5) is 46.7. The van der Waals surface area contributed by atoms with Crippen molar-refractivity contribution in [2.45, 2.75) is 6.42 Å². The molecule has 0 atom stereocenters. The van der Waals surface area contributed by atoms with Crippen LogP contribution >= 0.6 is 0 Å². The molecule has 2 aromatic carbocycles. The van der Waals surface area contributed by atoms with Gasteiger partial charge in [-0.05, 0) is 12.1 Å². The summed E-state index contributed by atoms with van der Waals surface area (Å²) >= 11 is 0. The molecule has 0 aliphatic rings. The number of fused-ring (bicyclic) bond motifs is 1. The fourth-order valence-electron chi connectivity index (χ4n) is 2.88. The largest absolute Gasteiger partial charge is 0.481 e. The molecule has 0 spiro atoms. The van der Waals surface area contributed by atoms with E-state index in [0.29, 0.717) is 0 Å². The van der Waals surface area contributed by atoms with Gasteiger partial charge in [0.25, 0.3) is 5.43 Å². The topological polar surface area (TPSA) is 137 Å². The normalized spacial score (nSPS) is 10.6. The monoisotopic (exact) mass is 383 g/mol. The second kappa shape index (κ2) is 7.31. The Morgan fingerprint density at radius 1 is 1.18 bits per heavy atom. The number of carbonyl (C=O) groups excluding carboxylic acids is 1. The van der Waals surface area contributed by atoms with Gasteiger partial charge >= 0.3 is 17.6 Å². The van der Waals surface area contributed by atoms with E-state index in [2.05, 4.69) is 4.74 Å². The van der Waals surface area contributed by atoms with E-state index in [1.165, 1.54) is 42.5 Å². The van der Waals surface area contributed by atoms with Crippen LogP contribution in [0.2, 0.25) is 0 Å².